The van der Waals surface area contributed by atoms with Crippen LogP contribution in [0.15, 0.2) is 0 Å². The van der Waals surface area contributed by atoms with E-state index in [9.17, 15) is 0 Å². The SMILES string of the molecule is N#[SiH].[Ge+4].[O-2].[O-2]. The van der Waals surface area contributed by atoms with Crippen LogP contribution < -0.4 is 0 Å². The molecule has 0 radical (unpaired) electrons. The summed E-state index contributed by atoms with van der Waals surface area (Å²) in [4.78, 5) is 6.92. The molecule has 0 aliphatic rings. The number of hydrogen-bond donors (Lipinski definition) is 0. The van der Waals surface area contributed by atoms with Gasteiger partial charge >= 0.3 is 17.6 Å². The molecule has 0 spiro atoms. The minimum absolute atomic E-state index is 0. The minimum atomic E-state index is 0. The molecule has 5 heteroatoms. The standard InChI is InChI=1S/Ge.HNSi.2O/c;1-2;;/h;2H;;/q+4;;2*-2. The molecule has 3 nitrogen and oxygen atoms in total. The zero-order valence-corrected chi connectivity index (χ0v) is 5.59. The minimum Gasteiger partial charge on any atom is -2.00 e. The van der Waals surface area contributed by atoms with Gasteiger partial charge in [0.05, 0.1) is 0 Å². The van der Waals surface area contributed by atoms with Gasteiger partial charge < -0.3 is 11.0 Å². The molecule has 0 heterocycles. The molecule has 0 aromatic carbocycles. The predicted octanol–water partition coefficient (Wildman–Crippen LogP) is -1.25. The summed E-state index contributed by atoms with van der Waals surface area (Å²) in [6.45, 7) is 0. The van der Waals surface area contributed by atoms with Crippen LogP contribution >= 0.6 is 0 Å². The summed E-state index contributed by atoms with van der Waals surface area (Å²) in [7, 11) is 1.42. The molecule has 0 atom stereocenters. The van der Waals surface area contributed by atoms with Crippen molar-refractivity contribution in [3.63, 3.8) is 0 Å². The smallest absolute Gasteiger partial charge is 2.00 e. The van der Waals surface area contributed by atoms with Gasteiger partial charge in [-0.05, 0) is 0 Å². The quantitative estimate of drug-likeness (QED) is 0.394. The summed E-state index contributed by atoms with van der Waals surface area (Å²) in [5.74, 6) is 0. The summed E-state index contributed by atoms with van der Waals surface area (Å²) in [6.07, 6.45) is 0. The van der Waals surface area contributed by atoms with E-state index in [2.05, 4.69) is 0 Å². The Morgan fingerprint density at radius 3 is 1.00 bits per heavy atom. The van der Waals surface area contributed by atoms with Crippen molar-refractivity contribution in [3.05, 3.63) is 0 Å². The Bertz CT molecular complexity index is 14.4. The van der Waals surface area contributed by atoms with Crippen molar-refractivity contribution in [1.29, 1.82) is 4.89 Å². The third-order valence-electron chi connectivity index (χ3n) is 0. The summed E-state index contributed by atoms with van der Waals surface area (Å²) in [5, 5.41) is 0. The van der Waals surface area contributed by atoms with Crippen molar-refractivity contribution < 1.29 is 11.0 Å². The third kappa shape index (κ3) is 165. The van der Waals surface area contributed by atoms with Crippen LogP contribution in [0.5, 0.6) is 0 Å². The Morgan fingerprint density at radius 1 is 1.00 bits per heavy atom. The van der Waals surface area contributed by atoms with Gasteiger partial charge in [-0.25, -0.2) is 0 Å². The zero-order chi connectivity index (χ0) is 2.00. The molecule has 0 bridgehead atoms. The largest absolute Gasteiger partial charge is 4.00 e. The Balaban J connectivity index is -0.00000000167. The molecule has 0 N–H and O–H groups in total. The molecule has 0 rings (SSSR count). The van der Waals surface area contributed by atoms with Gasteiger partial charge in [0, 0.05) is 0 Å². The molecule has 0 aliphatic carbocycles. The average molecular weight is 148 g/mol. The van der Waals surface area contributed by atoms with E-state index in [-0.39, 0.29) is 28.5 Å². The van der Waals surface area contributed by atoms with Crippen LogP contribution in [0.3, 0.4) is 0 Å². The normalized spacial score (nSPS) is 0.400. The maximum atomic E-state index is 6.92. The van der Waals surface area contributed by atoms with E-state index in [4.69, 9.17) is 4.89 Å². The third-order valence-corrected chi connectivity index (χ3v) is 0. The molecule has 0 saturated carbocycles. The van der Waals surface area contributed by atoms with Gasteiger partial charge in [0.1, 0.15) is 0 Å². The summed E-state index contributed by atoms with van der Waals surface area (Å²) >= 11 is 0. The zero-order valence-electron chi connectivity index (χ0n) is 2.34. The monoisotopic (exact) mass is 149 g/mol. The molecule has 0 amide bonds. The predicted molar refractivity (Wildman–Crippen MR) is 16.0 cm³/mol. The summed E-state index contributed by atoms with van der Waals surface area (Å²) in [5.41, 5.74) is 0. The molecular formula is HGeNO2Si. The van der Waals surface area contributed by atoms with Crippen LogP contribution in [-0.2, 0) is 11.0 Å². The van der Waals surface area contributed by atoms with Crippen LogP contribution in [0.4, 0.5) is 0 Å². The van der Waals surface area contributed by atoms with Gasteiger partial charge in [0.15, 0.2) is 9.88 Å². The van der Waals surface area contributed by atoms with Crippen LogP contribution in [0.1, 0.15) is 0 Å². The van der Waals surface area contributed by atoms with E-state index in [1.807, 2.05) is 0 Å². The number of nitrogens with zero attached hydrogens (tertiary/aromatic N) is 1. The first-order chi connectivity index (χ1) is 1.00. The van der Waals surface area contributed by atoms with E-state index in [0.29, 0.717) is 0 Å². The Morgan fingerprint density at radius 2 is 1.00 bits per heavy atom. The van der Waals surface area contributed by atoms with Crippen molar-refractivity contribution >= 4 is 27.5 Å². The van der Waals surface area contributed by atoms with Crippen molar-refractivity contribution in [2.45, 2.75) is 0 Å². The van der Waals surface area contributed by atoms with Crippen molar-refractivity contribution in [2.24, 2.45) is 0 Å². The van der Waals surface area contributed by atoms with Crippen LogP contribution in [0, 0.1) is 4.89 Å². The number of hydrogen-bond acceptors (Lipinski definition) is 1. The van der Waals surface area contributed by atoms with Crippen LogP contribution in [0.2, 0.25) is 0 Å². The Kier molecular flexibility index (Phi) is 3570. The molecular weight excluding hydrogens is 147 g/mol. The Hall–Kier alpha value is 0.390. The first-order valence-corrected chi connectivity index (χ1v) is 0.775. The van der Waals surface area contributed by atoms with E-state index < -0.39 is 0 Å². The second-order valence-electron chi connectivity index (χ2n) is 0. The summed E-state index contributed by atoms with van der Waals surface area (Å²) < 4.78 is 0. The van der Waals surface area contributed by atoms with Gasteiger partial charge in [0.25, 0.3) is 0 Å². The topological polar surface area (TPSA) is 80.8 Å². The van der Waals surface area contributed by atoms with Crippen molar-refractivity contribution in [1.82, 2.24) is 0 Å². The van der Waals surface area contributed by atoms with Gasteiger partial charge in [-0.15, -0.1) is 0 Å². The van der Waals surface area contributed by atoms with Crippen molar-refractivity contribution in [3.8, 4) is 0 Å². The summed E-state index contributed by atoms with van der Waals surface area (Å²) in [6, 6.07) is 0. The molecule has 0 aromatic rings. The van der Waals surface area contributed by atoms with Gasteiger partial charge in [0.2, 0.25) is 0 Å². The van der Waals surface area contributed by atoms with E-state index >= 15 is 0 Å². The van der Waals surface area contributed by atoms with Crippen LogP contribution in [0.25, 0.3) is 0 Å². The molecule has 0 aliphatic heterocycles. The molecule has 5 heavy (non-hydrogen) atoms. The fourth-order valence-corrected chi connectivity index (χ4v) is 0. The molecule has 0 aromatic heterocycles. The fraction of sp³-hybridized carbons (Fsp3) is 0. The molecule has 26 valence electrons. The maximum absolute atomic E-state index is 6.92. The first kappa shape index (κ1) is 53.8. The Labute approximate surface area is 44.0 Å². The molecule has 0 unspecified atom stereocenters. The second kappa shape index (κ2) is 332. The van der Waals surface area contributed by atoms with Crippen LogP contribution in [-0.4, -0.2) is 27.5 Å². The average Bonchev–Trinajstić information content (AvgIpc) is 1.00. The van der Waals surface area contributed by atoms with Gasteiger partial charge in [-0.1, -0.05) is 0 Å². The maximum Gasteiger partial charge on any atom is 4.00 e. The van der Waals surface area contributed by atoms with Gasteiger partial charge in [-0.2, -0.15) is 0 Å². The number of rotatable bonds is 0. The van der Waals surface area contributed by atoms with E-state index in [0.717, 1.165) is 0 Å². The first-order valence-electron chi connectivity index (χ1n) is 0.258. The van der Waals surface area contributed by atoms with Crippen molar-refractivity contribution in [2.75, 3.05) is 0 Å². The van der Waals surface area contributed by atoms with E-state index in [1.54, 1.807) is 0 Å². The fourth-order valence-electron chi connectivity index (χ4n) is 0. The molecule has 0 saturated heterocycles. The van der Waals surface area contributed by atoms with E-state index in [1.165, 1.54) is 9.88 Å². The molecule has 0 fully saturated rings. The van der Waals surface area contributed by atoms with Gasteiger partial charge in [-0.3, -0.25) is 4.89 Å². The second-order valence-corrected chi connectivity index (χ2v) is 0.